The monoisotopic (exact) mass is 436 g/mol. The van der Waals surface area contributed by atoms with E-state index in [4.69, 9.17) is 14.0 Å². The number of rotatable bonds is 6. The van der Waals surface area contributed by atoms with Gasteiger partial charge in [0, 0.05) is 6.54 Å². The Hall–Kier alpha value is -2.32. The Morgan fingerprint density at radius 3 is 2.65 bits per heavy atom. The minimum Gasteiger partial charge on any atom is -0.493 e. The quantitative estimate of drug-likeness (QED) is 0.618. The molecule has 1 aromatic carbocycles. The van der Waals surface area contributed by atoms with Crippen LogP contribution in [0.25, 0.3) is 10.6 Å². The molecule has 0 aliphatic rings. The molecule has 0 bridgehead atoms. The standard InChI is InChI=1S/C18H17BrN2O4S/c1-10-16(17(21-25-10)14-6-7-15(19)26-14)18(22)20-9-11-4-5-12(23-2)13(8-11)24-3/h4-8H,9H2,1-3H3,(H,20,22). The van der Waals surface area contributed by atoms with E-state index in [0.717, 1.165) is 14.2 Å². The topological polar surface area (TPSA) is 73.6 Å². The van der Waals surface area contributed by atoms with Crippen LogP contribution in [0.4, 0.5) is 0 Å². The van der Waals surface area contributed by atoms with Crippen molar-refractivity contribution in [2.45, 2.75) is 13.5 Å². The molecular formula is C18H17BrN2O4S. The molecule has 0 fully saturated rings. The van der Waals surface area contributed by atoms with Gasteiger partial charge in [-0.05, 0) is 52.7 Å². The van der Waals surface area contributed by atoms with Crippen LogP contribution in [-0.4, -0.2) is 25.3 Å². The SMILES string of the molecule is COc1ccc(CNC(=O)c2c(-c3ccc(Br)s3)noc2C)cc1OC. The van der Waals surface area contributed by atoms with Crippen molar-refractivity contribution in [3.05, 3.63) is 51.0 Å². The number of hydrogen-bond donors (Lipinski definition) is 1. The number of thiophene rings is 1. The molecular weight excluding hydrogens is 420 g/mol. The van der Waals surface area contributed by atoms with Crippen LogP contribution in [0.5, 0.6) is 11.5 Å². The number of carbonyl (C=O) groups excluding carboxylic acids is 1. The Morgan fingerprint density at radius 2 is 2.00 bits per heavy atom. The predicted octanol–water partition coefficient (Wildman–Crippen LogP) is 4.42. The molecule has 2 aromatic heterocycles. The van der Waals surface area contributed by atoms with E-state index >= 15 is 0 Å². The van der Waals surface area contributed by atoms with Crippen molar-refractivity contribution in [3.63, 3.8) is 0 Å². The third kappa shape index (κ3) is 3.76. The second-order valence-corrected chi connectivity index (χ2v) is 7.90. The number of aromatic nitrogens is 1. The van der Waals surface area contributed by atoms with E-state index < -0.39 is 0 Å². The Labute approximate surface area is 163 Å². The molecule has 3 aromatic rings. The zero-order chi connectivity index (χ0) is 18.7. The smallest absolute Gasteiger partial charge is 0.257 e. The number of benzene rings is 1. The van der Waals surface area contributed by atoms with Gasteiger partial charge in [0.2, 0.25) is 0 Å². The highest BCUT2D eigenvalue weighted by molar-refractivity contribution is 9.11. The van der Waals surface area contributed by atoms with Crippen molar-refractivity contribution in [3.8, 4) is 22.1 Å². The largest absolute Gasteiger partial charge is 0.493 e. The third-order valence-corrected chi connectivity index (χ3v) is 5.43. The lowest BCUT2D eigenvalue weighted by Crippen LogP contribution is -2.23. The van der Waals surface area contributed by atoms with Crippen LogP contribution in [0.2, 0.25) is 0 Å². The number of hydrogen-bond acceptors (Lipinski definition) is 6. The molecule has 0 spiro atoms. The summed E-state index contributed by atoms with van der Waals surface area (Å²) in [6.45, 7) is 2.07. The number of nitrogens with one attached hydrogen (secondary N) is 1. The lowest BCUT2D eigenvalue weighted by atomic mass is 10.1. The number of methoxy groups -OCH3 is 2. The van der Waals surface area contributed by atoms with Crippen molar-refractivity contribution in [2.75, 3.05) is 14.2 Å². The summed E-state index contributed by atoms with van der Waals surface area (Å²) in [5, 5.41) is 6.95. The van der Waals surface area contributed by atoms with Gasteiger partial charge in [-0.2, -0.15) is 0 Å². The number of carbonyl (C=O) groups is 1. The summed E-state index contributed by atoms with van der Waals surface area (Å²) < 4.78 is 16.7. The van der Waals surface area contributed by atoms with Crippen molar-refractivity contribution < 1.29 is 18.8 Å². The van der Waals surface area contributed by atoms with E-state index in [1.54, 1.807) is 27.2 Å². The lowest BCUT2D eigenvalue weighted by Gasteiger charge is -2.10. The first-order valence-electron chi connectivity index (χ1n) is 7.74. The molecule has 0 unspecified atom stereocenters. The van der Waals surface area contributed by atoms with Crippen LogP contribution in [-0.2, 0) is 6.54 Å². The van der Waals surface area contributed by atoms with Crippen LogP contribution in [0.1, 0.15) is 21.7 Å². The highest BCUT2D eigenvalue weighted by Gasteiger charge is 2.22. The summed E-state index contributed by atoms with van der Waals surface area (Å²) in [5.41, 5.74) is 1.88. The van der Waals surface area contributed by atoms with E-state index in [9.17, 15) is 4.79 Å². The second kappa shape index (κ2) is 7.92. The van der Waals surface area contributed by atoms with Gasteiger partial charge < -0.3 is 19.3 Å². The Bertz CT molecular complexity index is 935. The average Bonchev–Trinajstić information content (AvgIpc) is 3.24. The van der Waals surface area contributed by atoms with E-state index in [2.05, 4.69) is 26.4 Å². The normalized spacial score (nSPS) is 10.6. The van der Waals surface area contributed by atoms with Gasteiger partial charge in [0.25, 0.3) is 5.91 Å². The molecule has 26 heavy (non-hydrogen) atoms. The van der Waals surface area contributed by atoms with E-state index in [-0.39, 0.29) is 5.91 Å². The first kappa shape index (κ1) is 18.5. The number of halogens is 1. The van der Waals surface area contributed by atoms with Crippen LogP contribution in [0.3, 0.4) is 0 Å². The van der Waals surface area contributed by atoms with E-state index in [1.165, 1.54) is 11.3 Å². The highest BCUT2D eigenvalue weighted by atomic mass is 79.9. The third-order valence-electron chi connectivity index (χ3n) is 3.80. The van der Waals surface area contributed by atoms with Crippen molar-refractivity contribution in [1.82, 2.24) is 10.5 Å². The van der Waals surface area contributed by atoms with Crippen LogP contribution in [0, 0.1) is 6.92 Å². The summed E-state index contributed by atoms with van der Waals surface area (Å²) in [4.78, 5) is 13.6. The van der Waals surface area contributed by atoms with E-state index in [0.29, 0.717) is 35.1 Å². The fourth-order valence-electron chi connectivity index (χ4n) is 2.51. The van der Waals surface area contributed by atoms with Gasteiger partial charge in [-0.1, -0.05) is 11.2 Å². The van der Waals surface area contributed by atoms with Crippen LogP contribution < -0.4 is 14.8 Å². The predicted molar refractivity (Wildman–Crippen MR) is 103 cm³/mol. The van der Waals surface area contributed by atoms with Gasteiger partial charge in [-0.3, -0.25) is 4.79 Å². The molecule has 1 N–H and O–H groups in total. The first-order valence-corrected chi connectivity index (χ1v) is 9.35. The number of amides is 1. The zero-order valence-corrected chi connectivity index (χ0v) is 16.9. The van der Waals surface area contributed by atoms with Crippen molar-refractivity contribution in [1.29, 1.82) is 0 Å². The van der Waals surface area contributed by atoms with E-state index in [1.807, 2.05) is 24.3 Å². The molecule has 0 saturated carbocycles. The summed E-state index contributed by atoms with van der Waals surface area (Å²) >= 11 is 4.91. The molecule has 0 aliphatic heterocycles. The van der Waals surface area contributed by atoms with Crippen molar-refractivity contribution in [2.24, 2.45) is 0 Å². The molecule has 2 heterocycles. The molecule has 0 aliphatic carbocycles. The maximum Gasteiger partial charge on any atom is 0.257 e. The molecule has 0 atom stereocenters. The molecule has 0 radical (unpaired) electrons. The first-order chi connectivity index (χ1) is 12.5. The van der Waals surface area contributed by atoms with Gasteiger partial charge in [0.05, 0.1) is 22.9 Å². The molecule has 136 valence electrons. The molecule has 6 nitrogen and oxygen atoms in total. The summed E-state index contributed by atoms with van der Waals surface area (Å²) in [7, 11) is 3.16. The molecule has 0 saturated heterocycles. The summed E-state index contributed by atoms with van der Waals surface area (Å²) in [6.07, 6.45) is 0. The van der Waals surface area contributed by atoms with Gasteiger partial charge in [0.1, 0.15) is 17.0 Å². The molecule has 1 amide bonds. The Kier molecular flexibility index (Phi) is 5.63. The van der Waals surface area contributed by atoms with Crippen LogP contribution in [0.15, 0.2) is 38.6 Å². The molecule has 8 heteroatoms. The minimum absolute atomic E-state index is 0.238. The van der Waals surface area contributed by atoms with Gasteiger partial charge >= 0.3 is 0 Å². The fraction of sp³-hybridized carbons (Fsp3) is 0.222. The van der Waals surface area contributed by atoms with Crippen LogP contribution >= 0.6 is 27.3 Å². The van der Waals surface area contributed by atoms with Gasteiger partial charge in [0.15, 0.2) is 11.5 Å². The Balaban J connectivity index is 1.78. The Morgan fingerprint density at radius 1 is 1.23 bits per heavy atom. The van der Waals surface area contributed by atoms with Crippen molar-refractivity contribution >= 4 is 33.2 Å². The minimum atomic E-state index is -0.238. The maximum absolute atomic E-state index is 12.7. The molecule has 3 rings (SSSR count). The van der Waals surface area contributed by atoms with Gasteiger partial charge in [-0.25, -0.2) is 0 Å². The zero-order valence-electron chi connectivity index (χ0n) is 14.5. The lowest BCUT2D eigenvalue weighted by molar-refractivity contribution is 0.0950. The summed E-state index contributed by atoms with van der Waals surface area (Å²) in [5.74, 6) is 1.50. The number of ether oxygens (including phenoxy) is 2. The fourth-order valence-corrected chi connectivity index (χ4v) is 3.88. The van der Waals surface area contributed by atoms with Gasteiger partial charge in [-0.15, -0.1) is 11.3 Å². The number of nitrogens with zero attached hydrogens (tertiary/aromatic N) is 1. The second-order valence-electron chi connectivity index (χ2n) is 5.44. The highest BCUT2D eigenvalue weighted by Crippen LogP contribution is 2.34. The maximum atomic E-state index is 12.7. The average molecular weight is 437 g/mol. The number of aryl methyl sites for hydroxylation is 1. The summed E-state index contributed by atoms with van der Waals surface area (Å²) in [6, 6.07) is 9.32.